The molecule has 0 saturated heterocycles. The summed E-state index contributed by atoms with van der Waals surface area (Å²) >= 11 is 0. The van der Waals surface area contributed by atoms with Crippen molar-refractivity contribution in [1.29, 1.82) is 0 Å². The predicted octanol–water partition coefficient (Wildman–Crippen LogP) is 4.90. The second-order valence-electron chi connectivity index (χ2n) is 8.16. The summed E-state index contributed by atoms with van der Waals surface area (Å²) in [5.74, 6) is 0.195. The molecule has 2 aliphatic rings. The molecule has 1 fully saturated rings. The average Bonchev–Trinajstić information content (AvgIpc) is 2.46. The highest BCUT2D eigenvalue weighted by molar-refractivity contribution is 5.75. The lowest BCUT2D eigenvalue weighted by Crippen LogP contribution is -2.52. The smallest absolute Gasteiger partial charge is 0.309 e. The Morgan fingerprint density at radius 1 is 1.27 bits per heavy atom. The highest BCUT2D eigenvalue weighted by Gasteiger charge is 2.55. The zero-order valence-corrected chi connectivity index (χ0v) is 14.3. The van der Waals surface area contributed by atoms with Gasteiger partial charge >= 0.3 is 5.97 Å². The monoisotopic (exact) mass is 300 g/mol. The molecule has 0 bridgehead atoms. The first-order chi connectivity index (χ1) is 10.3. The summed E-state index contributed by atoms with van der Waals surface area (Å²) < 4.78 is 0. The first-order valence-electron chi connectivity index (χ1n) is 8.66. The summed E-state index contributed by atoms with van der Waals surface area (Å²) in [5, 5.41) is 9.82. The first-order valence-corrected chi connectivity index (χ1v) is 8.66. The molecule has 3 rings (SSSR count). The van der Waals surface area contributed by atoms with Gasteiger partial charge in [-0.2, -0.15) is 0 Å². The molecule has 0 heterocycles. The van der Waals surface area contributed by atoms with Gasteiger partial charge in [0.1, 0.15) is 0 Å². The Kier molecular flexibility index (Phi) is 3.62. The van der Waals surface area contributed by atoms with Crippen LogP contribution in [-0.2, 0) is 16.6 Å². The van der Waals surface area contributed by atoms with Gasteiger partial charge in [-0.15, -0.1) is 0 Å². The largest absolute Gasteiger partial charge is 0.481 e. The van der Waals surface area contributed by atoms with Gasteiger partial charge in [-0.05, 0) is 66.5 Å². The van der Waals surface area contributed by atoms with Gasteiger partial charge in [0.15, 0.2) is 0 Å². The van der Waals surface area contributed by atoms with Gasteiger partial charge in [0.25, 0.3) is 0 Å². The highest BCUT2D eigenvalue weighted by Crippen LogP contribution is 2.57. The molecule has 1 aromatic carbocycles. The molecule has 2 nitrogen and oxygen atoms in total. The maximum atomic E-state index is 11.9. The van der Waals surface area contributed by atoms with Crippen LogP contribution in [0.25, 0.3) is 0 Å². The minimum atomic E-state index is -0.606. The molecular formula is C20H28O2. The number of hydrogen-bond donors (Lipinski definition) is 1. The highest BCUT2D eigenvalue weighted by atomic mass is 16.4. The van der Waals surface area contributed by atoms with Crippen molar-refractivity contribution in [1.82, 2.24) is 0 Å². The average molecular weight is 300 g/mol. The van der Waals surface area contributed by atoms with Crippen molar-refractivity contribution in [3.05, 3.63) is 34.9 Å². The van der Waals surface area contributed by atoms with Crippen LogP contribution in [0.15, 0.2) is 18.2 Å². The molecule has 1 aromatic rings. The normalized spacial score (nSPS) is 34.1. The van der Waals surface area contributed by atoms with Crippen molar-refractivity contribution in [2.75, 3.05) is 0 Å². The summed E-state index contributed by atoms with van der Waals surface area (Å²) in [6.45, 7) is 8.75. The molecule has 0 radical (unpaired) electrons. The van der Waals surface area contributed by atoms with Crippen molar-refractivity contribution in [3.63, 3.8) is 0 Å². The number of carboxylic acids is 1. The van der Waals surface area contributed by atoms with Crippen LogP contribution in [0.3, 0.4) is 0 Å². The summed E-state index contributed by atoms with van der Waals surface area (Å²) in [4.78, 5) is 11.9. The van der Waals surface area contributed by atoms with E-state index in [9.17, 15) is 9.90 Å². The molecule has 1 N–H and O–H groups in total. The molecule has 0 unspecified atom stereocenters. The SMILES string of the molecule is CC(C)c1ccc2c(c1)CC[C@H]1[C@@]2(C)CCC[C@]1(C)C(=O)O. The maximum Gasteiger partial charge on any atom is 0.309 e. The third-order valence-corrected chi connectivity index (χ3v) is 6.53. The third kappa shape index (κ3) is 2.11. The zero-order valence-electron chi connectivity index (χ0n) is 14.3. The lowest BCUT2D eigenvalue weighted by Gasteiger charge is -2.53. The predicted molar refractivity (Wildman–Crippen MR) is 89.3 cm³/mol. The van der Waals surface area contributed by atoms with Gasteiger partial charge in [0, 0.05) is 0 Å². The van der Waals surface area contributed by atoms with E-state index in [1.807, 2.05) is 6.92 Å². The summed E-state index contributed by atoms with van der Waals surface area (Å²) in [6, 6.07) is 6.92. The van der Waals surface area contributed by atoms with Gasteiger partial charge in [-0.1, -0.05) is 45.4 Å². The van der Waals surface area contributed by atoms with E-state index in [0.717, 1.165) is 32.1 Å². The van der Waals surface area contributed by atoms with Crippen molar-refractivity contribution in [3.8, 4) is 0 Å². The van der Waals surface area contributed by atoms with E-state index in [0.29, 0.717) is 5.92 Å². The second-order valence-corrected chi connectivity index (χ2v) is 8.16. The van der Waals surface area contributed by atoms with Gasteiger partial charge in [0.2, 0.25) is 0 Å². The van der Waals surface area contributed by atoms with Crippen molar-refractivity contribution in [2.24, 2.45) is 11.3 Å². The summed E-state index contributed by atoms with van der Waals surface area (Å²) in [5.41, 5.74) is 3.73. The Bertz CT molecular complexity index is 604. The van der Waals surface area contributed by atoms with E-state index in [4.69, 9.17) is 0 Å². The van der Waals surface area contributed by atoms with E-state index < -0.39 is 11.4 Å². The van der Waals surface area contributed by atoms with Crippen LogP contribution in [0, 0.1) is 11.3 Å². The van der Waals surface area contributed by atoms with Crippen molar-refractivity contribution >= 4 is 5.97 Å². The Labute approximate surface area is 133 Å². The van der Waals surface area contributed by atoms with Crippen LogP contribution in [0.4, 0.5) is 0 Å². The number of carboxylic acid groups (broad SMARTS) is 1. The molecule has 0 spiro atoms. The minimum absolute atomic E-state index is 0.0223. The molecule has 0 aromatic heterocycles. The van der Waals surface area contributed by atoms with Gasteiger partial charge < -0.3 is 5.11 Å². The fourth-order valence-corrected chi connectivity index (χ4v) is 5.13. The number of carbonyl (C=O) groups is 1. The van der Waals surface area contributed by atoms with Gasteiger partial charge in [-0.3, -0.25) is 4.79 Å². The van der Waals surface area contributed by atoms with Crippen LogP contribution in [0.1, 0.15) is 76.0 Å². The zero-order chi connectivity index (χ0) is 16.1. The van der Waals surface area contributed by atoms with E-state index in [1.165, 1.54) is 16.7 Å². The fourth-order valence-electron chi connectivity index (χ4n) is 5.13. The Hall–Kier alpha value is -1.31. The molecule has 0 aliphatic heterocycles. The Morgan fingerprint density at radius 2 is 2.00 bits per heavy atom. The summed E-state index contributed by atoms with van der Waals surface area (Å²) in [6.07, 6.45) is 4.99. The number of benzene rings is 1. The number of hydrogen-bond acceptors (Lipinski definition) is 1. The van der Waals surface area contributed by atoms with Crippen LogP contribution >= 0.6 is 0 Å². The molecule has 2 heteroatoms. The summed E-state index contributed by atoms with van der Waals surface area (Å²) in [7, 11) is 0. The van der Waals surface area contributed by atoms with Crippen LogP contribution in [-0.4, -0.2) is 11.1 Å². The third-order valence-electron chi connectivity index (χ3n) is 6.53. The first kappa shape index (κ1) is 15.6. The lowest BCUT2D eigenvalue weighted by molar-refractivity contribution is -0.157. The molecule has 3 atom stereocenters. The molecule has 1 saturated carbocycles. The van der Waals surface area contributed by atoms with E-state index in [-0.39, 0.29) is 11.3 Å². The van der Waals surface area contributed by atoms with E-state index >= 15 is 0 Å². The standard InChI is InChI=1S/C20H28O2/c1-13(2)14-6-8-16-15(12-14)7-9-17-19(16,3)10-5-11-20(17,4)18(21)22/h6,8,12-13,17H,5,7,9-11H2,1-4H3,(H,21,22)/t17-,19-,20-/m0/s1. The van der Waals surface area contributed by atoms with Crippen molar-refractivity contribution < 1.29 is 9.90 Å². The Morgan fingerprint density at radius 3 is 2.64 bits per heavy atom. The fraction of sp³-hybridized carbons (Fsp3) is 0.650. The van der Waals surface area contributed by atoms with Gasteiger partial charge in [-0.25, -0.2) is 0 Å². The molecule has 120 valence electrons. The topological polar surface area (TPSA) is 37.3 Å². The van der Waals surface area contributed by atoms with E-state index in [1.54, 1.807) is 0 Å². The van der Waals surface area contributed by atoms with Crippen LogP contribution in [0.2, 0.25) is 0 Å². The second kappa shape index (κ2) is 5.11. The molecule has 22 heavy (non-hydrogen) atoms. The van der Waals surface area contributed by atoms with E-state index in [2.05, 4.69) is 39.0 Å². The minimum Gasteiger partial charge on any atom is -0.481 e. The number of aliphatic carboxylic acids is 1. The van der Waals surface area contributed by atoms with Crippen LogP contribution in [0.5, 0.6) is 0 Å². The Balaban J connectivity index is 2.08. The molecule has 0 amide bonds. The number of fused-ring (bicyclic) bond motifs is 3. The number of rotatable bonds is 2. The lowest BCUT2D eigenvalue weighted by atomic mass is 9.50. The number of aryl methyl sites for hydroxylation is 1. The molecule has 2 aliphatic carbocycles. The van der Waals surface area contributed by atoms with Crippen molar-refractivity contribution in [2.45, 2.75) is 71.1 Å². The molecular weight excluding hydrogens is 272 g/mol. The quantitative estimate of drug-likeness (QED) is 0.843. The maximum absolute atomic E-state index is 11.9. The van der Waals surface area contributed by atoms with Gasteiger partial charge in [0.05, 0.1) is 5.41 Å². The van der Waals surface area contributed by atoms with Crippen LogP contribution < -0.4 is 0 Å².